The molecule has 220 valence electrons. The van der Waals surface area contributed by atoms with E-state index in [0.717, 1.165) is 25.7 Å². The Labute approximate surface area is 241 Å². The summed E-state index contributed by atoms with van der Waals surface area (Å²) in [5, 5.41) is 24.0. The number of rotatable bonds is 8. The molecular weight excluding hydrogens is 554 g/mol. The van der Waals surface area contributed by atoms with Crippen LogP contribution in [0.5, 0.6) is 5.75 Å². The molecule has 0 saturated carbocycles. The number of amides is 2. The van der Waals surface area contributed by atoms with Gasteiger partial charge in [0.05, 0.1) is 11.3 Å². The number of halogens is 1. The predicted molar refractivity (Wildman–Crippen MR) is 149 cm³/mol. The number of hydrogen-bond acceptors (Lipinski definition) is 10. The van der Waals surface area contributed by atoms with Crippen molar-refractivity contribution in [2.24, 2.45) is 5.92 Å². The van der Waals surface area contributed by atoms with Gasteiger partial charge < -0.3 is 35.6 Å². The molecule has 5 rings (SSSR count). The van der Waals surface area contributed by atoms with Gasteiger partial charge in [0.2, 0.25) is 0 Å². The lowest BCUT2D eigenvalue weighted by molar-refractivity contribution is -0.137. The molecule has 1 aromatic carbocycles. The highest BCUT2D eigenvalue weighted by Crippen LogP contribution is 2.33. The molecule has 2 aromatic heterocycles. The number of likely N-dealkylation sites (N-methyl/N-ethyl adjacent to an activating group) is 1. The number of nitrogens with two attached hydrogens (primary N) is 1. The molecule has 2 aliphatic rings. The third-order valence-electron chi connectivity index (χ3n) is 7.54. The molecule has 5 N–H and O–H groups in total. The fourth-order valence-corrected chi connectivity index (χ4v) is 5.48. The molecule has 2 saturated heterocycles. The molecule has 0 bridgehead atoms. The fourth-order valence-electron chi connectivity index (χ4n) is 5.30. The van der Waals surface area contributed by atoms with Crippen LogP contribution >= 0.6 is 11.6 Å². The first-order chi connectivity index (χ1) is 19.8. The van der Waals surface area contributed by atoms with Crippen LogP contribution in [0, 0.1) is 5.92 Å². The van der Waals surface area contributed by atoms with E-state index in [1.54, 1.807) is 36.1 Å². The zero-order valence-corrected chi connectivity index (χ0v) is 23.4. The van der Waals surface area contributed by atoms with Gasteiger partial charge in [0.1, 0.15) is 23.5 Å². The van der Waals surface area contributed by atoms with Crippen LogP contribution in [-0.2, 0) is 16.0 Å². The number of hydrogen-bond donors (Lipinski definition) is 4. The van der Waals surface area contributed by atoms with Crippen molar-refractivity contribution in [1.29, 1.82) is 0 Å². The van der Waals surface area contributed by atoms with Crippen molar-refractivity contribution in [1.82, 2.24) is 29.7 Å². The van der Waals surface area contributed by atoms with E-state index in [4.69, 9.17) is 26.8 Å². The van der Waals surface area contributed by atoms with Gasteiger partial charge in [0.25, 0.3) is 5.91 Å². The van der Waals surface area contributed by atoms with Crippen LogP contribution < -0.4 is 15.8 Å². The number of carbonyl (C=O) groups is 2. The molecule has 4 atom stereocenters. The average Bonchev–Trinajstić information content (AvgIpc) is 3.51. The first kappa shape index (κ1) is 29.0. The lowest BCUT2D eigenvalue weighted by atomic mass is 9.91. The van der Waals surface area contributed by atoms with E-state index in [-0.39, 0.29) is 5.82 Å². The smallest absolute Gasteiger partial charge is 0.409 e. The number of aryl methyl sites for hydroxylation is 1. The molecule has 2 amide bonds. The lowest BCUT2D eigenvalue weighted by Gasteiger charge is -2.31. The predicted octanol–water partition coefficient (Wildman–Crippen LogP) is 2.05. The van der Waals surface area contributed by atoms with Gasteiger partial charge in [0.15, 0.2) is 29.5 Å². The highest BCUT2D eigenvalue weighted by molar-refractivity contribution is 6.32. The summed E-state index contributed by atoms with van der Waals surface area (Å²) < 4.78 is 12.6. The minimum atomic E-state index is -1.41. The number of benzene rings is 1. The van der Waals surface area contributed by atoms with E-state index in [0.29, 0.717) is 59.7 Å². The second-order valence-corrected chi connectivity index (χ2v) is 10.7. The third-order valence-corrected chi connectivity index (χ3v) is 7.85. The second kappa shape index (κ2) is 12.6. The number of aliphatic hydroxyl groups is 2. The third kappa shape index (κ3) is 6.22. The maximum Gasteiger partial charge on any atom is 0.415 e. The summed E-state index contributed by atoms with van der Waals surface area (Å²) in [7, 11) is 0. The zero-order chi connectivity index (χ0) is 29.1. The zero-order valence-electron chi connectivity index (χ0n) is 22.6. The highest BCUT2D eigenvalue weighted by atomic mass is 35.5. The Hall–Kier alpha value is -3.52. The van der Waals surface area contributed by atoms with E-state index in [1.807, 2.05) is 0 Å². The summed E-state index contributed by atoms with van der Waals surface area (Å²) in [6.07, 6.45) is -0.0336. The van der Waals surface area contributed by atoms with Crippen LogP contribution in [0.4, 0.5) is 10.6 Å². The molecule has 4 heterocycles. The maximum absolute atomic E-state index is 12.5. The van der Waals surface area contributed by atoms with Gasteiger partial charge in [-0.15, -0.1) is 0 Å². The van der Waals surface area contributed by atoms with Crippen molar-refractivity contribution in [2.75, 3.05) is 25.4 Å². The molecule has 0 aliphatic carbocycles. The van der Waals surface area contributed by atoms with E-state index in [9.17, 15) is 19.8 Å². The number of para-hydroxylation sites is 1. The van der Waals surface area contributed by atoms with Crippen LogP contribution in [0.1, 0.15) is 44.7 Å². The molecule has 0 spiro atoms. The summed E-state index contributed by atoms with van der Waals surface area (Å²) >= 11 is 6.09. The number of nitrogens with one attached hydrogen (secondary N) is 1. The van der Waals surface area contributed by atoms with Gasteiger partial charge >= 0.3 is 6.09 Å². The van der Waals surface area contributed by atoms with Crippen molar-refractivity contribution >= 4 is 40.6 Å². The summed E-state index contributed by atoms with van der Waals surface area (Å²) in [5.41, 5.74) is 6.86. The number of aromatic nitrogens is 4. The van der Waals surface area contributed by atoms with E-state index >= 15 is 0 Å². The molecule has 0 radical (unpaired) electrons. The molecule has 41 heavy (non-hydrogen) atoms. The topological polar surface area (TPSA) is 178 Å². The Morgan fingerprint density at radius 3 is 2.68 bits per heavy atom. The molecular formula is C27H34ClN7O6. The summed E-state index contributed by atoms with van der Waals surface area (Å²) in [4.78, 5) is 39.8. The van der Waals surface area contributed by atoms with Crippen molar-refractivity contribution in [3.8, 4) is 5.75 Å². The van der Waals surface area contributed by atoms with Crippen molar-refractivity contribution in [2.45, 2.75) is 63.6 Å². The molecule has 0 unspecified atom stereocenters. The SMILES string of the molecule is CCNC(=O)[C@H]1O[C@@H](n2cnc3c(N)nc(CCCC4CCN(C(=O)Oc5ccccc5Cl)CC4)nc32)[C@H](O)[C@@H]1O. The largest absolute Gasteiger partial charge is 0.415 e. The number of nitrogen functional groups attached to an aromatic ring is 1. The van der Waals surface area contributed by atoms with E-state index in [1.165, 1.54) is 10.9 Å². The van der Waals surface area contributed by atoms with Crippen molar-refractivity contribution in [3.63, 3.8) is 0 Å². The molecule has 2 aliphatic heterocycles. The van der Waals surface area contributed by atoms with Crippen LogP contribution in [-0.4, -0.2) is 84.6 Å². The average molecular weight is 588 g/mol. The first-order valence-corrected chi connectivity index (χ1v) is 14.1. The summed E-state index contributed by atoms with van der Waals surface area (Å²) in [5.74, 6) is 1.00. The molecule has 2 fully saturated rings. The number of fused-ring (bicyclic) bond motifs is 1. The fraction of sp³-hybridized carbons (Fsp3) is 0.519. The minimum Gasteiger partial charge on any atom is -0.409 e. The van der Waals surface area contributed by atoms with Crippen molar-refractivity contribution in [3.05, 3.63) is 41.4 Å². The Morgan fingerprint density at radius 2 is 1.95 bits per heavy atom. The summed E-state index contributed by atoms with van der Waals surface area (Å²) in [6, 6.07) is 6.89. The number of carbonyl (C=O) groups excluding carboxylic acids is 2. The Bertz CT molecular complexity index is 1400. The van der Waals surface area contributed by atoms with E-state index in [2.05, 4.69) is 20.3 Å². The number of nitrogens with zero attached hydrogens (tertiary/aromatic N) is 5. The molecule has 3 aromatic rings. The number of anilines is 1. The highest BCUT2D eigenvalue weighted by Gasteiger charge is 2.47. The Morgan fingerprint density at radius 1 is 1.20 bits per heavy atom. The first-order valence-electron chi connectivity index (χ1n) is 13.8. The number of piperidine rings is 1. The van der Waals surface area contributed by atoms with Crippen LogP contribution in [0.2, 0.25) is 5.02 Å². The molecule has 13 nitrogen and oxygen atoms in total. The number of aliphatic hydroxyl groups excluding tert-OH is 2. The normalized spacial score (nSPS) is 23.2. The van der Waals surface area contributed by atoms with Crippen LogP contribution in [0.15, 0.2) is 30.6 Å². The van der Waals surface area contributed by atoms with Gasteiger partial charge in [-0.05, 0) is 50.7 Å². The van der Waals surface area contributed by atoms with Crippen LogP contribution in [0.3, 0.4) is 0 Å². The maximum atomic E-state index is 12.5. The number of imidazole rings is 1. The second-order valence-electron chi connectivity index (χ2n) is 10.3. The van der Waals surface area contributed by atoms with Gasteiger partial charge in [-0.1, -0.05) is 23.7 Å². The van der Waals surface area contributed by atoms with Gasteiger partial charge in [-0.2, -0.15) is 0 Å². The van der Waals surface area contributed by atoms with Crippen molar-refractivity contribution < 1.29 is 29.3 Å². The standard InChI is InChI=1S/C27H34ClN7O6/c1-2-30-25(38)22-20(36)21(37)26(41-22)35-14-31-19-23(29)32-18(33-24(19)35)9-5-6-15-10-12-34(13-11-15)27(39)40-17-8-4-3-7-16(17)28/h3-4,7-8,14-15,20-22,26,36-37H,2,5-6,9-13H2,1H3,(H,30,38)(H2,29,32,33)/t20-,21+,22-,26+/m0/s1. The van der Waals surface area contributed by atoms with Gasteiger partial charge in [-0.3, -0.25) is 9.36 Å². The van der Waals surface area contributed by atoms with Gasteiger partial charge in [0, 0.05) is 26.1 Å². The quantitative estimate of drug-likeness (QED) is 0.305. The van der Waals surface area contributed by atoms with Crippen LogP contribution in [0.25, 0.3) is 11.2 Å². The van der Waals surface area contributed by atoms with Gasteiger partial charge in [-0.25, -0.2) is 19.7 Å². The monoisotopic (exact) mass is 587 g/mol. The van der Waals surface area contributed by atoms with E-state index < -0.39 is 36.5 Å². The summed E-state index contributed by atoms with van der Waals surface area (Å²) in [6.45, 7) is 3.33. The minimum absolute atomic E-state index is 0.197. The molecule has 14 heteroatoms. The Balaban J connectivity index is 1.16. The Kier molecular flexibility index (Phi) is 8.88. The lowest BCUT2D eigenvalue weighted by Crippen LogP contribution is -2.42. The number of ether oxygens (including phenoxy) is 2. The number of likely N-dealkylation sites (tertiary alicyclic amines) is 1.